The number of nitrogens with zero attached hydrogens (tertiary/aromatic N) is 1. The quantitative estimate of drug-likeness (QED) is 0.875. The zero-order chi connectivity index (χ0) is 14.9. The van der Waals surface area contributed by atoms with Crippen LogP contribution in [0, 0.1) is 0 Å². The summed E-state index contributed by atoms with van der Waals surface area (Å²) >= 11 is 12.2. The number of hydrogen-bond acceptors (Lipinski definition) is 3. The van der Waals surface area contributed by atoms with Crippen LogP contribution in [0.25, 0.3) is 0 Å². The lowest BCUT2D eigenvalue weighted by molar-refractivity contribution is -0.125. The molecule has 0 aliphatic carbocycles. The number of nitrogens with one attached hydrogen (secondary N) is 1. The number of nitrogens with two attached hydrogens (primary N) is 1. The maximum atomic E-state index is 11.8. The van der Waals surface area contributed by atoms with Gasteiger partial charge in [-0.3, -0.25) is 15.0 Å². The molecule has 1 heterocycles. The molecule has 1 aromatic carbocycles. The summed E-state index contributed by atoms with van der Waals surface area (Å²) in [5.74, 6) is -0.411. The van der Waals surface area contributed by atoms with Gasteiger partial charge in [-0.2, -0.15) is 0 Å². The number of benzene rings is 1. The molecule has 0 fully saturated rings. The highest BCUT2D eigenvalue weighted by Crippen LogP contribution is 2.30. The van der Waals surface area contributed by atoms with Gasteiger partial charge in [0.2, 0.25) is 5.91 Å². The lowest BCUT2D eigenvalue weighted by Gasteiger charge is -2.33. The van der Waals surface area contributed by atoms with Gasteiger partial charge in [-0.25, -0.2) is 4.79 Å². The van der Waals surface area contributed by atoms with Crippen molar-refractivity contribution >= 4 is 35.1 Å². The van der Waals surface area contributed by atoms with Gasteiger partial charge in [-0.1, -0.05) is 23.2 Å². The van der Waals surface area contributed by atoms with Crippen molar-refractivity contribution in [2.45, 2.75) is 25.9 Å². The average molecular weight is 316 g/mol. The van der Waals surface area contributed by atoms with E-state index in [-0.39, 0.29) is 0 Å². The Morgan fingerprint density at radius 3 is 2.75 bits per heavy atom. The molecular formula is C13H15Cl2N3O2. The molecule has 1 atom stereocenters. The zero-order valence-corrected chi connectivity index (χ0v) is 12.5. The Morgan fingerprint density at radius 2 is 2.10 bits per heavy atom. The van der Waals surface area contributed by atoms with Crippen molar-refractivity contribution in [3.63, 3.8) is 0 Å². The largest absolute Gasteiger partial charge is 0.351 e. The minimum Gasteiger partial charge on any atom is -0.351 e. The summed E-state index contributed by atoms with van der Waals surface area (Å²) < 4.78 is 0. The van der Waals surface area contributed by atoms with E-state index in [4.69, 9.17) is 28.9 Å². The van der Waals surface area contributed by atoms with Crippen molar-refractivity contribution in [1.29, 1.82) is 0 Å². The van der Waals surface area contributed by atoms with E-state index in [2.05, 4.69) is 5.32 Å². The predicted molar refractivity (Wildman–Crippen MR) is 77.8 cm³/mol. The van der Waals surface area contributed by atoms with E-state index in [0.29, 0.717) is 23.1 Å². The van der Waals surface area contributed by atoms with Crippen molar-refractivity contribution in [3.8, 4) is 0 Å². The average Bonchev–Trinajstić information content (AvgIpc) is 2.36. The van der Waals surface area contributed by atoms with Gasteiger partial charge >= 0.3 is 6.03 Å². The molecule has 0 spiro atoms. The van der Waals surface area contributed by atoms with Crippen LogP contribution >= 0.6 is 23.2 Å². The number of fused-ring (bicyclic) bond motifs is 1. The summed E-state index contributed by atoms with van der Waals surface area (Å²) in [6.45, 7) is 2.96. The van der Waals surface area contributed by atoms with Gasteiger partial charge in [0.1, 0.15) is 0 Å². The van der Waals surface area contributed by atoms with Gasteiger partial charge in [0.05, 0.1) is 6.04 Å². The van der Waals surface area contributed by atoms with E-state index in [0.717, 1.165) is 17.5 Å². The molecule has 7 heteroatoms. The molecule has 108 valence electrons. The first-order chi connectivity index (χ1) is 9.38. The Morgan fingerprint density at radius 1 is 1.40 bits per heavy atom. The molecule has 20 heavy (non-hydrogen) atoms. The number of imide groups is 1. The van der Waals surface area contributed by atoms with Gasteiger partial charge in [0.15, 0.2) is 0 Å². The number of urea groups is 1. The minimum atomic E-state index is -0.843. The summed E-state index contributed by atoms with van der Waals surface area (Å²) in [6.07, 6.45) is 0.754. The van der Waals surface area contributed by atoms with Gasteiger partial charge in [0, 0.05) is 23.1 Å². The first-order valence-corrected chi connectivity index (χ1v) is 6.95. The fourth-order valence-electron chi connectivity index (χ4n) is 2.33. The first-order valence-electron chi connectivity index (χ1n) is 6.19. The third kappa shape index (κ3) is 3.23. The predicted octanol–water partition coefficient (Wildman–Crippen LogP) is 1.93. The highest BCUT2D eigenvalue weighted by molar-refractivity contribution is 6.35. The molecule has 1 aliphatic heterocycles. The number of carbonyl (C=O) groups excluding carboxylic acids is 2. The molecule has 0 aromatic heterocycles. The summed E-state index contributed by atoms with van der Waals surface area (Å²) in [5.41, 5.74) is 7.02. The monoisotopic (exact) mass is 315 g/mol. The molecule has 0 radical (unpaired) electrons. The zero-order valence-electron chi connectivity index (χ0n) is 11.0. The Hall–Kier alpha value is -1.30. The van der Waals surface area contributed by atoms with Crippen molar-refractivity contribution in [1.82, 2.24) is 10.2 Å². The van der Waals surface area contributed by atoms with E-state index in [1.165, 1.54) is 0 Å². The first kappa shape index (κ1) is 15.1. The number of rotatable bonds is 2. The number of amides is 3. The second-order valence-electron chi connectivity index (χ2n) is 4.78. The van der Waals surface area contributed by atoms with Gasteiger partial charge in [-0.05, 0) is 36.6 Å². The maximum Gasteiger partial charge on any atom is 0.318 e. The van der Waals surface area contributed by atoms with Crippen LogP contribution in [0.15, 0.2) is 12.1 Å². The molecule has 3 amide bonds. The molecule has 0 saturated heterocycles. The van der Waals surface area contributed by atoms with Crippen LogP contribution in [-0.2, 0) is 17.8 Å². The molecule has 0 bridgehead atoms. The topological polar surface area (TPSA) is 75.4 Å². The highest BCUT2D eigenvalue weighted by Gasteiger charge is 2.27. The SMILES string of the molecule is C[C@@H](C(=O)NC(N)=O)N1CCc2cc(Cl)cc(Cl)c2C1. The van der Waals surface area contributed by atoms with Crippen LogP contribution in [0.4, 0.5) is 4.79 Å². The van der Waals surface area contributed by atoms with Crippen molar-refractivity contribution in [2.24, 2.45) is 5.73 Å². The molecule has 5 nitrogen and oxygen atoms in total. The molecule has 1 aliphatic rings. The highest BCUT2D eigenvalue weighted by atomic mass is 35.5. The summed E-state index contributed by atoms with van der Waals surface area (Å²) in [7, 11) is 0. The fourth-order valence-corrected chi connectivity index (χ4v) is 2.92. The van der Waals surface area contributed by atoms with Gasteiger partial charge in [-0.15, -0.1) is 0 Å². The summed E-state index contributed by atoms with van der Waals surface area (Å²) in [5, 5.41) is 3.30. The van der Waals surface area contributed by atoms with Crippen LogP contribution in [0.5, 0.6) is 0 Å². The minimum absolute atomic E-state index is 0.411. The molecule has 2 rings (SSSR count). The van der Waals surface area contributed by atoms with E-state index < -0.39 is 18.0 Å². The Balaban J connectivity index is 2.15. The van der Waals surface area contributed by atoms with Crippen LogP contribution in [-0.4, -0.2) is 29.4 Å². The standard InChI is InChI=1S/C13H15Cl2N3O2/c1-7(12(19)17-13(16)20)18-3-2-8-4-9(14)5-11(15)10(8)6-18/h4-5,7H,2-3,6H2,1H3,(H3,16,17,19,20)/t7-/m0/s1. The Labute approximate surface area is 127 Å². The second-order valence-corrected chi connectivity index (χ2v) is 5.62. The van der Waals surface area contributed by atoms with E-state index in [1.54, 1.807) is 13.0 Å². The fraction of sp³-hybridized carbons (Fsp3) is 0.385. The smallest absolute Gasteiger partial charge is 0.318 e. The summed E-state index contributed by atoms with van der Waals surface area (Å²) in [6, 6.07) is 2.29. The number of halogens is 2. The third-order valence-electron chi connectivity index (χ3n) is 3.46. The molecule has 0 unspecified atom stereocenters. The van der Waals surface area contributed by atoms with E-state index in [1.807, 2.05) is 11.0 Å². The van der Waals surface area contributed by atoms with Gasteiger partial charge < -0.3 is 5.73 Å². The lowest BCUT2D eigenvalue weighted by Crippen LogP contribution is -2.49. The Bertz CT molecular complexity index is 563. The Kier molecular flexibility index (Phi) is 4.52. The molecular weight excluding hydrogens is 301 g/mol. The van der Waals surface area contributed by atoms with E-state index in [9.17, 15) is 9.59 Å². The van der Waals surface area contributed by atoms with E-state index >= 15 is 0 Å². The van der Waals surface area contributed by atoms with Crippen LogP contribution < -0.4 is 11.1 Å². The van der Waals surface area contributed by atoms with Crippen LogP contribution in [0.3, 0.4) is 0 Å². The normalized spacial score (nSPS) is 16.4. The maximum absolute atomic E-state index is 11.8. The second kappa shape index (κ2) is 5.99. The molecule has 1 aromatic rings. The molecule has 3 N–H and O–H groups in total. The summed E-state index contributed by atoms with van der Waals surface area (Å²) in [4.78, 5) is 24.5. The molecule has 0 saturated carbocycles. The lowest BCUT2D eigenvalue weighted by atomic mass is 9.98. The van der Waals surface area contributed by atoms with Gasteiger partial charge in [0.25, 0.3) is 0 Å². The van der Waals surface area contributed by atoms with Crippen LogP contribution in [0.1, 0.15) is 18.1 Å². The van der Waals surface area contributed by atoms with Crippen LogP contribution in [0.2, 0.25) is 10.0 Å². The van der Waals surface area contributed by atoms with Crippen molar-refractivity contribution < 1.29 is 9.59 Å². The van der Waals surface area contributed by atoms with Crippen molar-refractivity contribution in [3.05, 3.63) is 33.3 Å². The number of carbonyl (C=O) groups is 2. The third-order valence-corrected chi connectivity index (χ3v) is 4.01. The number of hydrogen-bond donors (Lipinski definition) is 2. The van der Waals surface area contributed by atoms with Crippen molar-refractivity contribution in [2.75, 3.05) is 6.54 Å². The number of primary amides is 1.